The minimum absolute atomic E-state index is 0.0671. The highest BCUT2D eigenvalue weighted by atomic mass is 32.2. The number of carbonyl (C=O) groups excluding carboxylic acids is 1. The molecular weight excluding hydrogens is 432 g/mol. The number of nitrogens with one attached hydrogen (secondary N) is 1. The molecule has 0 bridgehead atoms. The molecule has 1 amide bonds. The van der Waals surface area contributed by atoms with Gasteiger partial charge in [0.25, 0.3) is 5.91 Å². The van der Waals surface area contributed by atoms with Crippen molar-refractivity contribution in [3.63, 3.8) is 0 Å². The van der Waals surface area contributed by atoms with E-state index in [1.54, 1.807) is 12.1 Å². The van der Waals surface area contributed by atoms with E-state index < -0.39 is 10.0 Å². The van der Waals surface area contributed by atoms with Gasteiger partial charge in [0.05, 0.1) is 24.5 Å². The molecule has 0 saturated heterocycles. The number of carbonyl (C=O) groups is 1. The van der Waals surface area contributed by atoms with Gasteiger partial charge in [-0.05, 0) is 61.6 Å². The maximum atomic E-state index is 12.8. The Kier molecular flexibility index (Phi) is 7.59. The van der Waals surface area contributed by atoms with Gasteiger partial charge in [0, 0.05) is 5.56 Å². The molecule has 0 heterocycles. The summed E-state index contributed by atoms with van der Waals surface area (Å²) in [5.41, 5.74) is 6.11. The van der Waals surface area contributed by atoms with Gasteiger partial charge in [0.2, 0.25) is 10.0 Å². The van der Waals surface area contributed by atoms with Crippen LogP contribution in [-0.2, 0) is 16.6 Å². The fourth-order valence-corrected chi connectivity index (χ4v) is 4.95. The Bertz CT molecular complexity index is 1200. The zero-order valence-electron chi connectivity index (χ0n) is 19.9. The standard InChI is InChI=1S/C27H32N2O3S/c1-6-25(23-14-10-19(2)11-15-23)28-27(30)24-16-12-22(13-17-24)18-29(33(5,31)32)26-20(3)8-7-9-21(26)4/h7-17,25H,6,18H2,1-5H3,(H,28,30). The van der Waals surface area contributed by atoms with Crippen LogP contribution in [-0.4, -0.2) is 20.6 Å². The number of hydrogen-bond acceptors (Lipinski definition) is 3. The first-order valence-electron chi connectivity index (χ1n) is 11.1. The summed E-state index contributed by atoms with van der Waals surface area (Å²) in [6.45, 7) is 8.10. The van der Waals surface area contributed by atoms with Crippen LogP contribution in [0.4, 0.5) is 5.69 Å². The zero-order valence-corrected chi connectivity index (χ0v) is 20.7. The monoisotopic (exact) mass is 464 g/mol. The van der Waals surface area contributed by atoms with E-state index in [1.807, 2.05) is 82.3 Å². The summed E-state index contributed by atoms with van der Waals surface area (Å²) in [5, 5.41) is 3.10. The molecule has 5 nitrogen and oxygen atoms in total. The van der Waals surface area contributed by atoms with Crippen LogP contribution in [0.5, 0.6) is 0 Å². The third kappa shape index (κ3) is 6.02. The molecule has 174 valence electrons. The van der Waals surface area contributed by atoms with E-state index in [2.05, 4.69) is 5.32 Å². The van der Waals surface area contributed by atoms with Gasteiger partial charge in [-0.25, -0.2) is 8.42 Å². The lowest BCUT2D eigenvalue weighted by Gasteiger charge is -2.26. The van der Waals surface area contributed by atoms with Gasteiger partial charge in [0.15, 0.2) is 0 Å². The van der Waals surface area contributed by atoms with Crippen molar-refractivity contribution in [3.05, 3.63) is 100 Å². The van der Waals surface area contributed by atoms with Crippen LogP contribution < -0.4 is 9.62 Å². The quantitative estimate of drug-likeness (QED) is 0.481. The predicted molar refractivity (Wildman–Crippen MR) is 135 cm³/mol. The molecule has 1 atom stereocenters. The molecule has 3 aromatic rings. The lowest BCUT2D eigenvalue weighted by Crippen LogP contribution is -2.31. The van der Waals surface area contributed by atoms with Crippen LogP contribution in [0.15, 0.2) is 66.7 Å². The minimum atomic E-state index is -3.49. The third-order valence-electron chi connectivity index (χ3n) is 5.82. The molecule has 3 aromatic carbocycles. The lowest BCUT2D eigenvalue weighted by molar-refractivity contribution is 0.0935. The van der Waals surface area contributed by atoms with Crippen LogP contribution in [0.3, 0.4) is 0 Å². The molecule has 0 aliphatic carbocycles. The summed E-state index contributed by atoms with van der Waals surface area (Å²) in [5.74, 6) is -0.149. The summed E-state index contributed by atoms with van der Waals surface area (Å²) < 4.78 is 26.6. The second-order valence-electron chi connectivity index (χ2n) is 8.55. The summed E-state index contributed by atoms with van der Waals surface area (Å²) in [7, 11) is -3.49. The Morgan fingerprint density at radius 2 is 1.48 bits per heavy atom. The van der Waals surface area contributed by atoms with Gasteiger partial charge in [0.1, 0.15) is 0 Å². The van der Waals surface area contributed by atoms with Gasteiger partial charge >= 0.3 is 0 Å². The number of hydrogen-bond donors (Lipinski definition) is 1. The normalized spacial score (nSPS) is 12.3. The summed E-state index contributed by atoms with van der Waals surface area (Å²) >= 11 is 0. The van der Waals surface area contributed by atoms with E-state index in [0.29, 0.717) is 11.3 Å². The summed E-state index contributed by atoms with van der Waals surface area (Å²) in [6, 6.07) is 21.0. The molecule has 0 aliphatic rings. The van der Waals surface area contributed by atoms with E-state index in [-0.39, 0.29) is 18.5 Å². The number of para-hydroxylation sites is 1. The Labute approximate surface area is 197 Å². The fourth-order valence-electron chi connectivity index (χ4n) is 3.95. The molecule has 1 N–H and O–H groups in total. The van der Waals surface area contributed by atoms with Gasteiger partial charge in [-0.2, -0.15) is 0 Å². The van der Waals surface area contributed by atoms with Crippen LogP contribution in [0, 0.1) is 20.8 Å². The average molecular weight is 465 g/mol. The largest absolute Gasteiger partial charge is 0.345 e. The molecule has 0 saturated carbocycles. The molecule has 0 spiro atoms. The van der Waals surface area contributed by atoms with E-state index in [4.69, 9.17) is 0 Å². The Hall–Kier alpha value is -3.12. The number of rotatable bonds is 8. The molecular formula is C27H32N2O3S. The van der Waals surface area contributed by atoms with Crippen LogP contribution >= 0.6 is 0 Å². The predicted octanol–water partition coefficient (Wildman–Crippen LogP) is 5.46. The van der Waals surface area contributed by atoms with Gasteiger partial charge in [-0.1, -0.05) is 67.1 Å². The number of anilines is 1. The molecule has 3 rings (SSSR count). The second-order valence-corrected chi connectivity index (χ2v) is 10.5. The number of sulfonamides is 1. The average Bonchev–Trinajstić information content (AvgIpc) is 2.77. The number of benzene rings is 3. The smallest absolute Gasteiger partial charge is 0.251 e. The molecule has 0 fully saturated rings. The van der Waals surface area contributed by atoms with Gasteiger partial charge in [-0.3, -0.25) is 9.10 Å². The Balaban J connectivity index is 1.78. The first-order valence-corrected chi connectivity index (χ1v) is 12.9. The molecule has 1 unspecified atom stereocenters. The van der Waals surface area contributed by atoms with Crippen LogP contribution in [0.25, 0.3) is 0 Å². The number of nitrogens with zero attached hydrogens (tertiary/aromatic N) is 1. The maximum absolute atomic E-state index is 12.8. The highest BCUT2D eigenvalue weighted by Crippen LogP contribution is 2.28. The molecule has 0 aliphatic heterocycles. The van der Waals surface area contributed by atoms with Crippen LogP contribution in [0.2, 0.25) is 0 Å². The highest BCUT2D eigenvalue weighted by Gasteiger charge is 2.22. The van der Waals surface area contributed by atoms with Crippen LogP contribution in [0.1, 0.15) is 57.6 Å². The first kappa shape index (κ1) is 24.5. The summed E-state index contributed by atoms with van der Waals surface area (Å²) in [4.78, 5) is 12.8. The first-order chi connectivity index (χ1) is 15.6. The Morgan fingerprint density at radius 1 is 0.909 bits per heavy atom. The Morgan fingerprint density at radius 3 is 2.00 bits per heavy atom. The van der Waals surface area contributed by atoms with E-state index in [1.165, 1.54) is 16.1 Å². The zero-order chi connectivity index (χ0) is 24.2. The van der Waals surface area contributed by atoms with Crippen molar-refractivity contribution in [3.8, 4) is 0 Å². The molecule has 6 heteroatoms. The van der Waals surface area contributed by atoms with Crippen molar-refractivity contribution >= 4 is 21.6 Å². The van der Waals surface area contributed by atoms with Crippen molar-refractivity contribution in [2.24, 2.45) is 0 Å². The van der Waals surface area contributed by atoms with E-state index in [0.717, 1.165) is 28.7 Å². The summed E-state index contributed by atoms with van der Waals surface area (Å²) in [6.07, 6.45) is 2.00. The van der Waals surface area contributed by atoms with Crippen molar-refractivity contribution in [2.45, 2.75) is 46.7 Å². The maximum Gasteiger partial charge on any atom is 0.251 e. The topological polar surface area (TPSA) is 66.5 Å². The third-order valence-corrected chi connectivity index (χ3v) is 6.94. The molecule has 33 heavy (non-hydrogen) atoms. The molecule has 0 aromatic heterocycles. The SMILES string of the molecule is CCC(NC(=O)c1ccc(CN(c2c(C)cccc2C)S(C)(=O)=O)cc1)c1ccc(C)cc1. The number of aryl methyl sites for hydroxylation is 3. The lowest BCUT2D eigenvalue weighted by atomic mass is 10.0. The number of amides is 1. The van der Waals surface area contributed by atoms with Crippen molar-refractivity contribution in [1.82, 2.24) is 5.32 Å². The van der Waals surface area contributed by atoms with E-state index in [9.17, 15) is 13.2 Å². The fraction of sp³-hybridized carbons (Fsp3) is 0.296. The molecule has 0 radical (unpaired) electrons. The van der Waals surface area contributed by atoms with Crippen molar-refractivity contribution < 1.29 is 13.2 Å². The minimum Gasteiger partial charge on any atom is -0.345 e. The van der Waals surface area contributed by atoms with E-state index >= 15 is 0 Å². The van der Waals surface area contributed by atoms with Gasteiger partial charge < -0.3 is 5.32 Å². The van der Waals surface area contributed by atoms with Gasteiger partial charge in [-0.15, -0.1) is 0 Å². The highest BCUT2D eigenvalue weighted by molar-refractivity contribution is 7.92. The van der Waals surface area contributed by atoms with Crippen molar-refractivity contribution in [1.29, 1.82) is 0 Å². The second kappa shape index (κ2) is 10.2. The van der Waals surface area contributed by atoms with Crippen molar-refractivity contribution in [2.75, 3.05) is 10.6 Å².